The Balaban J connectivity index is 2.17. The summed E-state index contributed by atoms with van der Waals surface area (Å²) in [4.78, 5) is 41.7. The lowest BCUT2D eigenvalue weighted by atomic mass is 10.1. The first kappa shape index (κ1) is 25.3. The Kier molecular flexibility index (Phi) is 8.75. The molecule has 174 valence electrons. The van der Waals surface area contributed by atoms with Gasteiger partial charge in [0.1, 0.15) is 17.7 Å². The third-order valence-corrected chi connectivity index (χ3v) is 5.47. The first-order chi connectivity index (χ1) is 15.1. The van der Waals surface area contributed by atoms with E-state index in [0.717, 1.165) is 23.5 Å². The van der Waals surface area contributed by atoms with E-state index in [1.165, 1.54) is 14.2 Å². The van der Waals surface area contributed by atoms with Gasteiger partial charge in [-0.15, -0.1) is 11.3 Å². The van der Waals surface area contributed by atoms with Crippen molar-refractivity contribution in [3.8, 4) is 0 Å². The SMILES string of the molecule is COC[C@H](NC(=O)[C@@H](O)c1cc(F)cc(F)c1)C(=O)Nc1nc(C(=O)OC)c(C(C)C)s1. The van der Waals surface area contributed by atoms with Crippen LogP contribution in [0.25, 0.3) is 0 Å². The van der Waals surface area contributed by atoms with E-state index in [1.54, 1.807) is 0 Å². The van der Waals surface area contributed by atoms with Gasteiger partial charge in [-0.2, -0.15) is 0 Å². The van der Waals surface area contributed by atoms with Gasteiger partial charge in [-0.05, 0) is 23.6 Å². The van der Waals surface area contributed by atoms with Crippen LogP contribution in [0.4, 0.5) is 13.9 Å². The van der Waals surface area contributed by atoms with Crippen LogP contribution in [0.15, 0.2) is 18.2 Å². The maximum absolute atomic E-state index is 13.4. The third kappa shape index (κ3) is 6.28. The van der Waals surface area contributed by atoms with Crippen molar-refractivity contribution in [1.29, 1.82) is 0 Å². The van der Waals surface area contributed by atoms with E-state index in [4.69, 9.17) is 9.47 Å². The summed E-state index contributed by atoms with van der Waals surface area (Å²) < 4.78 is 36.4. The zero-order valence-electron chi connectivity index (χ0n) is 17.8. The van der Waals surface area contributed by atoms with E-state index in [2.05, 4.69) is 15.6 Å². The summed E-state index contributed by atoms with van der Waals surface area (Å²) in [6.45, 7) is 3.42. The molecule has 0 spiro atoms. The van der Waals surface area contributed by atoms with Crippen LogP contribution < -0.4 is 10.6 Å². The summed E-state index contributed by atoms with van der Waals surface area (Å²) in [7, 11) is 2.50. The molecule has 2 amide bonds. The molecule has 2 rings (SSSR count). The lowest BCUT2D eigenvalue weighted by Crippen LogP contribution is -2.48. The highest BCUT2D eigenvalue weighted by Gasteiger charge is 2.28. The van der Waals surface area contributed by atoms with Crippen molar-refractivity contribution < 1.29 is 37.7 Å². The van der Waals surface area contributed by atoms with Crippen molar-refractivity contribution in [3.63, 3.8) is 0 Å². The number of aromatic nitrogens is 1. The van der Waals surface area contributed by atoms with Crippen LogP contribution in [0.2, 0.25) is 0 Å². The molecule has 2 atom stereocenters. The quantitative estimate of drug-likeness (QED) is 0.478. The van der Waals surface area contributed by atoms with E-state index < -0.39 is 41.6 Å². The summed E-state index contributed by atoms with van der Waals surface area (Å²) >= 11 is 1.07. The second-order valence-corrected chi connectivity index (χ2v) is 8.02. The molecule has 0 saturated heterocycles. The Bertz CT molecular complexity index is 977. The minimum Gasteiger partial charge on any atom is -0.464 e. The number of aliphatic hydroxyl groups is 1. The summed E-state index contributed by atoms with van der Waals surface area (Å²) in [5, 5.41) is 15.0. The summed E-state index contributed by atoms with van der Waals surface area (Å²) in [6, 6.07) is 0.928. The van der Waals surface area contributed by atoms with E-state index in [0.29, 0.717) is 10.9 Å². The molecular weight excluding hydrogens is 448 g/mol. The first-order valence-corrected chi connectivity index (χ1v) is 10.2. The number of hydrogen-bond donors (Lipinski definition) is 3. The number of methoxy groups -OCH3 is 2. The predicted molar refractivity (Wildman–Crippen MR) is 111 cm³/mol. The molecule has 1 aromatic heterocycles. The molecule has 0 bridgehead atoms. The van der Waals surface area contributed by atoms with Gasteiger partial charge in [-0.1, -0.05) is 13.8 Å². The van der Waals surface area contributed by atoms with Crippen LogP contribution in [0, 0.1) is 11.6 Å². The van der Waals surface area contributed by atoms with Crippen LogP contribution in [0.5, 0.6) is 0 Å². The topological polar surface area (TPSA) is 127 Å². The first-order valence-electron chi connectivity index (χ1n) is 9.40. The summed E-state index contributed by atoms with van der Waals surface area (Å²) in [5.74, 6) is -4.46. The average Bonchev–Trinajstić information content (AvgIpc) is 3.15. The van der Waals surface area contributed by atoms with Gasteiger partial charge in [0.05, 0.1) is 13.7 Å². The molecule has 3 N–H and O–H groups in total. The molecule has 0 saturated carbocycles. The molecule has 2 aromatic rings. The molecule has 0 fully saturated rings. The summed E-state index contributed by atoms with van der Waals surface area (Å²) in [5.41, 5.74) is -0.250. The molecule has 9 nitrogen and oxygen atoms in total. The molecule has 0 radical (unpaired) electrons. The number of amides is 2. The zero-order chi connectivity index (χ0) is 24.0. The molecule has 0 aliphatic carbocycles. The molecule has 1 heterocycles. The monoisotopic (exact) mass is 471 g/mol. The van der Waals surface area contributed by atoms with Crippen molar-refractivity contribution in [2.45, 2.75) is 31.9 Å². The largest absolute Gasteiger partial charge is 0.464 e. The second-order valence-electron chi connectivity index (χ2n) is 6.99. The van der Waals surface area contributed by atoms with E-state index >= 15 is 0 Å². The number of carbonyl (C=O) groups excluding carboxylic acids is 3. The highest BCUT2D eigenvalue weighted by atomic mass is 32.1. The zero-order valence-corrected chi connectivity index (χ0v) is 18.6. The number of halogens is 2. The minimum atomic E-state index is -1.93. The highest BCUT2D eigenvalue weighted by molar-refractivity contribution is 7.16. The number of rotatable bonds is 9. The Labute approximate surface area is 186 Å². The molecule has 0 aliphatic rings. The van der Waals surface area contributed by atoms with Crippen molar-refractivity contribution in [2.24, 2.45) is 0 Å². The number of nitrogens with one attached hydrogen (secondary N) is 2. The number of nitrogens with zero attached hydrogens (tertiary/aromatic N) is 1. The molecular formula is C20H23F2N3O6S. The van der Waals surface area contributed by atoms with Gasteiger partial charge in [0, 0.05) is 18.1 Å². The fourth-order valence-electron chi connectivity index (χ4n) is 2.70. The molecule has 32 heavy (non-hydrogen) atoms. The lowest BCUT2D eigenvalue weighted by Gasteiger charge is -2.19. The number of benzene rings is 1. The maximum Gasteiger partial charge on any atom is 0.357 e. The van der Waals surface area contributed by atoms with Gasteiger partial charge in [0.15, 0.2) is 16.9 Å². The molecule has 1 aromatic carbocycles. The number of carbonyl (C=O) groups is 3. The molecule has 0 unspecified atom stereocenters. The van der Waals surface area contributed by atoms with Crippen LogP contribution in [-0.2, 0) is 19.1 Å². The van der Waals surface area contributed by atoms with Crippen molar-refractivity contribution in [1.82, 2.24) is 10.3 Å². The van der Waals surface area contributed by atoms with E-state index in [-0.39, 0.29) is 28.9 Å². The summed E-state index contributed by atoms with van der Waals surface area (Å²) in [6.07, 6.45) is -1.93. The van der Waals surface area contributed by atoms with Gasteiger partial charge in [-0.25, -0.2) is 18.6 Å². The third-order valence-electron chi connectivity index (χ3n) is 4.20. The van der Waals surface area contributed by atoms with Crippen molar-refractivity contribution in [3.05, 3.63) is 46.0 Å². The Morgan fingerprint density at radius 1 is 1.12 bits per heavy atom. The van der Waals surface area contributed by atoms with E-state index in [1.807, 2.05) is 13.8 Å². The van der Waals surface area contributed by atoms with Gasteiger partial charge >= 0.3 is 5.97 Å². The standard InChI is InChI=1S/C20H23F2N3O6S/c1-9(2)16-14(19(29)31-4)24-20(32-16)25-17(27)13(8-30-3)23-18(28)15(26)10-5-11(21)7-12(22)6-10/h5-7,9,13,15,26H,8H2,1-4H3,(H,23,28)(H,24,25,27)/t13-,15-/m0/s1. The van der Waals surface area contributed by atoms with Crippen molar-refractivity contribution >= 4 is 34.3 Å². The van der Waals surface area contributed by atoms with Gasteiger partial charge in [0.2, 0.25) is 0 Å². The predicted octanol–water partition coefficient (Wildman–Crippen LogP) is 2.13. The fraction of sp³-hybridized carbons (Fsp3) is 0.400. The molecule has 12 heteroatoms. The van der Waals surface area contributed by atoms with Crippen LogP contribution in [0.1, 0.15) is 46.8 Å². The smallest absolute Gasteiger partial charge is 0.357 e. The Morgan fingerprint density at radius 3 is 2.28 bits per heavy atom. The van der Waals surface area contributed by atoms with Crippen LogP contribution in [-0.4, -0.2) is 54.7 Å². The second kappa shape index (κ2) is 11.1. The lowest BCUT2D eigenvalue weighted by molar-refractivity contribution is -0.133. The normalized spacial score (nSPS) is 12.9. The number of hydrogen-bond acceptors (Lipinski definition) is 8. The maximum atomic E-state index is 13.4. The number of anilines is 1. The number of thiazole rings is 1. The van der Waals surface area contributed by atoms with E-state index in [9.17, 15) is 28.3 Å². The van der Waals surface area contributed by atoms with Crippen molar-refractivity contribution in [2.75, 3.05) is 26.1 Å². The van der Waals surface area contributed by atoms with Crippen LogP contribution in [0.3, 0.4) is 0 Å². The number of esters is 1. The Morgan fingerprint density at radius 2 is 1.75 bits per heavy atom. The molecule has 0 aliphatic heterocycles. The highest BCUT2D eigenvalue weighted by Crippen LogP contribution is 2.30. The van der Waals surface area contributed by atoms with Gasteiger partial charge in [0.25, 0.3) is 11.8 Å². The van der Waals surface area contributed by atoms with Gasteiger partial charge < -0.3 is 25.2 Å². The number of ether oxygens (including phenoxy) is 2. The minimum absolute atomic E-state index is 0.0662. The fourth-order valence-corrected chi connectivity index (χ4v) is 3.65. The average molecular weight is 471 g/mol. The Hall–Kier alpha value is -2.96. The number of aliphatic hydroxyl groups excluding tert-OH is 1. The van der Waals surface area contributed by atoms with Gasteiger partial charge in [-0.3, -0.25) is 9.59 Å². The van der Waals surface area contributed by atoms with Crippen LogP contribution >= 0.6 is 11.3 Å².